The number of carbonyl (C=O) groups excluding carboxylic acids is 2. The van der Waals surface area contributed by atoms with Crippen LogP contribution in [0.1, 0.15) is 21.7 Å². The van der Waals surface area contributed by atoms with Crippen LogP contribution in [0.4, 0.5) is 5.82 Å². The molecule has 0 atom stereocenters. The fraction of sp³-hybridized carbons (Fsp3) is 0.115. The van der Waals surface area contributed by atoms with Crippen LogP contribution in [-0.2, 0) is 16.1 Å². The molecule has 5 aromatic rings. The van der Waals surface area contributed by atoms with Crippen molar-refractivity contribution in [2.24, 2.45) is 0 Å². The SMILES string of the molecule is Cc1cc(NC(=O)COC(=O)c2cc(-c3ccccc3)nc3c2cnn3Cc2ccccc2)no1. The van der Waals surface area contributed by atoms with Gasteiger partial charge in [-0.15, -0.1) is 0 Å². The van der Waals surface area contributed by atoms with Crippen molar-refractivity contribution in [2.75, 3.05) is 11.9 Å². The number of anilines is 1. The lowest BCUT2D eigenvalue weighted by Gasteiger charge is -2.09. The van der Waals surface area contributed by atoms with Gasteiger partial charge in [-0.25, -0.2) is 14.5 Å². The van der Waals surface area contributed by atoms with Crippen molar-refractivity contribution in [3.8, 4) is 11.3 Å². The zero-order valence-corrected chi connectivity index (χ0v) is 18.8. The van der Waals surface area contributed by atoms with Crippen molar-refractivity contribution in [1.82, 2.24) is 19.9 Å². The van der Waals surface area contributed by atoms with Gasteiger partial charge < -0.3 is 14.6 Å². The summed E-state index contributed by atoms with van der Waals surface area (Å²) in [6.45, 7) is 1.72. The predicted molar refractivity (Wildman–Crippen MR) is 129 cm³/mol. The maximum atomic E-state index is 13.1. The number of fused-ring (bicyclic) bond motifs is 1. The van der Waals surface area contributed by atoms with Crippen LogP contribution in [0.2, 0.25) is 0 Å². The van der Waals surface area contributed by atoms with E-state index in [-0.39, 0.29) is 11.4 Å². The molecule has 0 radical (unpaired) electrons. The highest BCUT2D eigenvalue weighted by atomic mass is 16.5. The molecule has 0 bridgehead atoms. The van der Waals surface area contributed by atoms with Crippen molar-refractivity contribution in [3.05, 3.63) is 95.9 Å². The van der Waals surface area contributed by atoms with E-state index in [1.807, 2.05) is 60.7 Å². The number of benzene rings is 2. The first kappa shape index (κ1) is 22.0. The molecule has 0 saturated heterocycles. The van der Waals surface area contributed by atoms with Gasteiger partial charge in [0.1, 0.15) is 5.76 Å². The number of hydrogen-bond donors (Lipinski definition) is 1. The lowest BCUT2D eigenvalue weighted by atomic mass is 10.1. The lowest BCUT2D eigenvalue weighted by molar-refractivity contribution is -0.119. The van der Waals surface area contributed by atoms with Gasteiger partial charge in [0, 0.05) is 11.6 Å². The molecule has 5 rings (SSSR count). The average Bonchev–Trinajstić information content (AvgIpc) is 3.48. The number of pyridine rings is 1. The number of aryl methyl sites for hydroxylation is 1. The lowest BCUT2D eigenvalue weighted by Crippen LogP contribution is -2.21. The summed E-state index contributed by atoms with van der Waals surface area (Å²) >= 11 is 0. The molecule has 3 heterocycles. The average molecular weight is 467 g/mol. The summed E-state index contributed by atoms with van der Waals surface area (Å²) in [5.74, 6) is -0.374. The standard InChI is InChI=1S/C26H21N5O4/c1-17-12-23(30-35-17)29-24(32)16-34-26(33)20-13-22(19-10-6-3-7-11-19)28-25-21(20)14-27-31(25)15-18-8-4-2-5-9-18/h2-14H,15-16H2,1H3,(H,29,30,32). The molecule has 0 aliphatic heterocycles. The third-order valence-corrected chi connectivity index (χ3v) is 5.30. The number of rotatable bonds is 7. The summed E-state index contributed by atoms with van der Waals surface area (Å²) in [5, 5.41) is 11.2. The molecule has 9 heteroatoms. The first-order chi connectivity index (χ1) is 17.1. The summed E-state index contributed by atoms with van der Waals surface area (Å²) in [7, 11) is 0. The number of nitrogens with zero attached hydrogens (tertiary/aromatic N) is 4. The Morgan fingerprint density at radius 1 is 1.03 bits per heavy atom. The van der Waals surface area contributed by atoms with Gasteiger partial charge in [0.2, 0.25) is 0 Å². The van der Waals surface area contributed by atoms with E-state index in [0.29, 0.717) is 29.0 Å². The van der Waals surface area contributed by atoms with Crippen molar-refractivity contribution in [1.29, 1.82) is 0 Å². The summed E-state index contributed by atoms with van der Waals surface area (Å²) < 4.78 is 12.0. The molecular weight excluding hydrogens is 446 g/mol. The molecule has 0 aliphatic carbocycles. The maximum absolute atomic E-state index is 13.1. The molecule has 0 aliphatic rings. The molecule has 174 valence electrons. The van der Waals surface area contributed by atoms with Crippen molar-refractivity contribution < 1.29 is 18.8 Å². The Labute approximate surface area is 200 Å². The smallest absolute Gasteiger partial charge is 0.339 e. The summed E-state index contributed by atoms with van der Waals surface area (Å²) in [6.07, 6.45) is 1.59. The summed E-state index contributed by atoms with van der Waals surface area (Å²) in [6, 6.07) is 22.6. The number of aromatic nitrogens is 4. The molecule has 0 saturated carbocycles. The third-order valence-electron chi connectivity index (χ3n) is 5.30. The van der Waals surface area contributed by atoms with Gasteiger partial charge in [-0.05, 0) is 18.6 Å². The van der Waals surface area contributed by atoms with Crippen molar-refractivity contribution in [2.45, 2.75) is 13.5 Å². The molecule has 0 spiro atoms. The quantitative estimate of drug-likeness (QED) is 0.356. The monoisotopic (exact) mass is 467 g/mol. The van der Waals surface area contributed by atoms with Gasteiger partial charge in [0.05, 0.1) is 29.4 Å². The van der Waals surface area contributed by atoms with E-state index < -0.39 is 18.5 Å². The fourth-order valence-corrected chi connectivity index (χ4v) is 3.66. The number of hydrogen-bond acceptors (Lipinski definition) is 7. The third kappa shape index (κ3) is 4.93. The van der Waals surface area contributed by atoms with E-state index in [1.54, 1.807) is 29.9 Å². The molecule has 3 aromatic heterocycles. The van der Waals surface area contributed by atoms with E-state index in [2.05, 4.69) is 15.6 Å². The van der Waals surface area contributed by atoms with Crippen LogP contribution in [0.3, 0.4) is 0 Å². The van der Waals surface area contributed by atoms with E-state index in [9.17, 15) is 9.59 Å². The van der Waals surface area contributed by atoms with Crippen LogP contribution in [0.5, 0.6) is 0 Å². The van der Waals surface area contributed by atoms with Crippen molar-refractivity contribution in [3.63, 3.8) is 0 Å². The number of esters is 1. The van der Waals surface area contributed by atoms with E-state index in [4.69, 9.17) is 14.2 Å². The molecule has 0 fully saturated rings. The zero-order chi connectivity index (χ0) is 24.2. The van der Waals surface area contributed by atoms with Gasteiger partial charge in [-0.2, -0.15) is 5.10 Å². The normalized spacial score (nSPS) is 10.9. The topological polar surface area (TPSA) is 112 Å². The first-order valence-electron chi connectivity index (χ1n) is 10.9. The predicted octanol–water partition coefficient (Wildman–Crippen LogP) is 4.24. The maximum Gasteiger partial charge on any atom is 0.339 e. The molecular formula is C26H21N5O4. The van der Waals surface area contributed by atoms with Crippen LogP contribution in [0.15, 0.2) is 83.5 Å². The van der Waals surface area contributed by atoms with Gasteiger partial charge in [0.15, 0.2) is 18.1 Å². The first-order valence-corrected chi connectivity index (χ1v) is 10.9. The van der Waals surface area contributed by atoms with Crippen molar-refractivity contribution >= 4 is 28.7 Å². The minimum absolute atomic E-state index is 0.253. The molecule has 9 nitrogen and oxygen atoms in total. The van der Waals surface area contributed by atoms with Gasteiger partial charge in [-0.1, -0.05) is 65.8 Å². The van der Waals surface area contributed by atoms with Crippen LogP contribution in [0.25, 0.3) is 22.3 Å². The highest BCUT2D eigenvalue weighted by Gasteiger charge is 2.20. The Bertz CT molecular complexity index is 1490. The Hall–Kier alpha value is -4.79. The molecule has 2 aromatic carbocycles. The zero-order valence-electron chi connectivity index (χ0n) is 18.8. The Kier molecular flexibility index (Phi) is 6.04. The van der Waals surface area contributed by atoms with E-state index in [0.717, 1.165) is 11.1 Å². The minimum Gasteiger partial charge on any atom is -0.452 e. The molecule has 1 N–H and O–H groups in total. The Morgan fingerprint density at radius 3 is 2.49 bits per heavy atom. The number of ether oxygens (including phenoxy) is 1. The second-order valence-electron chi connectivity index (χ2n) is 7.89. The second-order valence-corrected chi connectivity index (χ2v) is 7.89. The number of carbonyl (C=O) groups is 2. The number of nitrogens with one attached hydrogen (secondary N) is 1. The number of amides is 1. The summed E-state index contributed by atoms with van der Waals surface area (Å²) in [4.78, 5) is 30.1. The van der Waals surface area contributed by atoms with Crippen LogP contribution in [-0.4, -0.2) is 38.4 Å². The van der Waals surface area contributed by atoms with Gasteiger partial charge in [0.25, 0.3) is 5.91 Å². The van der Waals surface area contributed by atoms with Gasteiger partial charge >= 0.3 is 5.97 Å². The highest BCUT2D eigenvalue weighted by molar-refractivity contribution is 6.04. The second kappa shape index (κ2) is 9.60. The van der Waals surface area contributed by atoms with E-state index in [1.165, 1.54) is 0 Å². The molecule has 35 heavy (non-hydrogen) atoms. The van der Waals surface area contributed by atoms with Crippen LogP contribution in [0, 0.1) is 6.92 Å². The van der Waals surface area contributed by atoms with Crippen LogP contribution < -0.4 is 5.32 Å². The highest BCUT2D eigenvalue weighted by Crippen LogP contribution is 2.26. The Balaban J connectivity index is 1.45. The summed E-state index contributed by atoms with van der Waals surface area (Å²) in [5.41, 5.74) is 3.31. The van der Waals surface area contributed by atoms with Gasteiger partial charge in [-0.3, -0.25) is 4.79 Å². The molecule has 1 amide bonds. The Morgan fingerprint density at radius 2 is 1.77 bits per heavy atom. The minimum atomic E-state index is -0.652. The van der Waals surface area contributed by atoms with E-state index >= 15 is 0 Å². The largest absolute Gasteiger partial charge is 0.452 e. The molecule has 0 unspecified atom stereocenters. The fourth-order valence-electron chi connectivity index (χ4n) is 3.66. The van der Waals surface area contributed by atoms with Crippen LogP contribution >= 0.6 is 0 Å².